The summed E-state index contributed by atoms with van der Waals surface area (Å²) in [5.74, 6) is -0.316. The first-order valence-electron chi connectivity index (χ1n) is 5.86. The van der Waals surface area contributed by atoms with Crippen LogP contribution in [0, 0.1) is 0 Å². The van der Waals surface area contributed by atoms with Crippen molar-refractivity contribution in [3.05, 3.63) is 0 Å². The molecule has 0 aliphatic carbocycles. The second-order valence-electron chi connectivity index (χ2n) is 4.39. The van der Waals surface area contributed by atoms with Crippen LogP contribution in [0.15, 0.2) is 0 Å². The molecule has 1 rings (SSSR count). The van der Waals surface area contributed by atoms with Gasteiger partial charge in [0.15, 0.2) is 0 Å². The first-order chi connectivity index (χ1) is 8.04. The zero-order chi connectivity index (χ0) is 12.8. The Balaban J connectivity index is 2.48. The van der Waals surface area contributed by atoms with Gasteiger partial charge in [-0.1, -0.05) is 0 Å². The fraction of sp³-hybridized carbons (Fsp3) is 0.818. The van der Waals surface area contributed by atoms with Crippen molar-refractivity contribution in [3.63, 3.8) is 0 Å². The van der Waals surface area contributed by atoms with Gasteiger partial charge < -0.3 is 20.3 Å². The third-order valence-electron chi connectivity index (χ3n) is 3.20. The Kier molecular flexibility index (Phi) is 5.21. The number of urea groups is 1. The summed E-state index contributed by atoms with van der Waals surface area (Å²) in [6.07, 6.45) is 2.01. The predicted molar refractivity (Wildman–Crippen MR) is 63.4 cm³/mol. The van der Waals surface area contributed by atoms with Gasteiger partial charge in [-0.15, -0.1) is 0 Å². The molecule has 1 fully saturated rings. The second-order valence-corrected chi connectivity index (χ2v) is 4.39. The molecule has 0 aromatic heterocycles. The van der Waals surface area contributed by atoms with E-state index in [0.29, 0.717) is 6.54 Å². The molecule has 1 saturated heterocycles. The minimum atomic E-state index is -0.455. The molecule has 2 amide bonds. The van der Waals surface area contributed by atoms with Gasteiger partial charge in [-0.05, 0) is 33.0 Å². The summed E-state index contributed by atoms with van der Waals surface area (Å²) in [4.78, 5) is 26.2. The van der Waals surface area contributed by atoms with E-state index in [9.17, 15) is 9.59 Å². The minimum absolute atomic E-state index is 0.147. The number of piperidine rings is 1. The van der Waals surface area contributed by atoms with Gasteiger partial charge in [-0.3, -0.25) is 4.79 Å². The summed E-state index contributed by atoms with van der Waals surface area (Å²) in [5.41, 5.74) is 5.35. The molecule has 6 nitrogen and oxygen atoms in total. The van der Waals surface area contributed by atoms with Gasteiger partial charge in [0.25, 0.3) is 0 Å². The van der Waals surface area contributed by atoms with Crippen molar-refractivity contribution >= 4 is 12.0 Å². The number of methoxy groups -OCH3 is 1. The van der Waals surface area contributed by atoms with Crippen LogP contribution in [0.4, 0.5) is 4.79 Å². The smallest absolute Gasteiger partial charge is 0.315 e. The quantitative estimate of drug-likeness (QED) is 0.706. The van der Waals surface area contributed by atoms with Gasteiger partial charge in [-0.2, -0.15) is 0 Å². The van der Waals surface area contributed by atoms with Crippen LogP contribution in [0.3, 0.4) is 0 Å². The van der Waals surface area contributed by atoms with E-state index < -0.39 is 6.03 Å². The van der Waals surface area contributed by atoms with Crippen molar-refractivity contribution in [2.24, 2.45) is 5.73 Å². The number of rotatable bonds is 4. The number of primary amides is 1. The lowest BCUT2D eigenvalue weighted by atomic mass is 10.0. The Morgan fingerprint density at radius 2 is 2.00 bits per heavy atom. The van der Waals surface area contributed by atoms with Crippen LogP contribution in [0.5, 0.6) is 0 Å². The van der Waals surface area contributed by atoms with Crippen molar-refractivity contribution in [2.75, 3.05) is 33.8 Å². The van der Waals surface area contributed by atoms with Crippen molar-refractivity contribution in [2.45, 2.75) is 25.3 Å². The Hall–Kier alpha value is -1.30. The SMILES string of the molecule is COC(=O)CCN(C(N)=O)C1CCN(C)CC1. The molecule has 0 spiro atoms. The highest BCUT2D eigenvalue weighted by atomic mass is 16.5. The van der Waals surface area contributed by atoms with Gasteiger partial charge in [0.05, 0.1) is 13.5 Å². The lowest BCUT2D eigenvalue weighted by Crippen LogP contribution is -2.49. The third-order valence-corrected chi connectivity index (χ3v) is 3.20. The monoisotopic (exact) mass is 243 g/mol. The number of amides is 2. The number of ether oxygens (including phenoxy) is 1. The lowest BCUT2D eigenvalue weighted by Gasteiger charge is -2.36. The largest absolute Gasteiger partial charge is 0.469 e. The molecule has 98 valence electrons. The molecule has 0 unspecified atom stereocenters. The van der Waals surface area contributed by atoms with Crippen molar-refractivity contribution < 1.29 is 14.3 Å². The number of hydrogen-bond acceptors (Lipinski definition) is 4. The minimum Gasteiger partial charge on any atom is -0.469 e. The lowest BCUT2D eigenvalue weighted by molar-refractivity contribution is -0.140. The fourth-order valence-corrected chi connectivity index (χ4v) is 2.09. The molecule has 0 atom stereocenters. The zero-order valence-electron chi connectivity index (χ0n) is 10.5. The summed E-state index contributed by atoms with van der Waals surface area (Å²) in [6.45, 7) is 2.25. The van der Waals surface area contributed by atoms with E-state index in [-0.39, 0.29) is 18.4 Å². The highest BCUT2D eigenvalue weighted by Crippen LogP contribution is 2.15. The number of hydrogen-bond donors (Lipinski definition) is 1. The number of carbonyl (C=O) groups is 2. The van der Waals surface area contributed by atoms with Gasteiger partial charge in [0, 0.05) is 12.6 Å². The maximum absolute atomic E-state index is 11.4. The van der Waals surface area contributed by atoms with Crippen molar-refractivity contribution in [1.29, 1.82) is 0 Å². The molecule has 0 saturated carbocycles. The Bertz CT molecular complexity index is 275. The first kappa shape index (κ1) is 13.8. The topological polar surface area (TPSA) is 75.9 Å². The molecule has 17 heavy (non-hydrogen) atoms. The molecule has 0 bridgehead atoms. The highest BCUT2D eigenvalue weighted by molar-refractivity contribution is 5.74. The predicted octanol–water partition coefficient (Wildman–Crippen LogP) is 0.0244. The van der Waals surface area contributed by atoms with Crippen molar-refractivity contribution in [1.82, 2.24) is 9.80 Å². The van der Waals surface area contributed by atoms with Crippen molar-refractivity contribution in [3.8, 4) is 0 Å². The summed E-state index contributed by atoms with van der Waals surface area (Å²) in [6, 6.07) is -0.309. The Labute approximate surface area is 102 Å². The molecule has 1 heterocycles. The Morgan fingerprint density at radius 1 is 1.41 bits per heavy atom. The third kappa shape index (κ3) is 4.22. The number of nitrogens with zero attached hydrogens (tertiary/aromatic N) is 2. The Morgan fingerprint density at radius 3 is 2.47 bits per heavy atom. The number of carbonyl (C=O) groups excluding carboxylic acids is 2. The molecular weight excluding hydrogens is 222 g/mol. The van der Waals surface area contributed by atoms with E-state index in [2.05, 4.69) is 16.7 Å². The van der Waals surface area contributed by atoms with Crippen LogP contribution in [0.2, 0.25) is 0 Å². The summed E-state index contributed by atoms with van der Waals surface area (Å²) in [7, 11) is 3.39. The summed E-state index contributed by atoms with van der Waals surface area (Å²) >= 11 is 0. The molecule has 2 N–H and O–H groups in total. The normalized spacial score (nSPS) is 17.8. The van der Waals surface area contributed by atoms with Gasteiger partial charge >= 0.3 is 12.0 Å². The molecule has 0 aromatic carbocycles. The van der Waals surface area contributed by atoms with E-state index in [0.717, 1.165) is 25.9 Å². The first-order valence-corrected chi connectivity index (χ1v) is 5.86. The van der Waals surface area contributed by atoms with E-state index in [4.69, 9.17) is 5.73 Å². The standard InChI is InChI=1S/C11H21N3O3/c1-13-6-3-9(4-7-13)14(11(12)16)8-5-10(15)17-2/h9H,3-8H2,1-2H3,(H2,12,16). The van der Waals surface area contributed by atoms with E-state index in [1.54, 1.807) is 4.90 Å². The molecule has 0 aromatic rings. The molecule has 1 aliphatic rings. The highest BCUT2D eigenvalue weighted by Gasteiger charge is 2.25. The second kappa shape index (κ2) is 6.44. The van der Waals surface area contributed by atoms with Crippen LogP contribution in [-0.2, 0) is 9.53 Å². The van der Waals surface area contributed by atoms with Gasteiger partial charge in [0.2, 0.25) is 0 Å². The van der Waals surface area contributed by atoms with Crippen LogP contribution in [0.25, 0.3) is 0 Å². The van der Waals surface area contributed by atoms with E-state index >= 15 is 0 Å². The van der Waals surface area contributed by atoms with Gasteiger partial charge in [0.1, 0.15) is 0 Å². The van der Waals surface area contributed by atoms with E-state index in [1.807, 2.05) is 0 Å². The summed E-state index contributed by atoms with van der Waals surface area (Å²) < 4.78 is 4.56. The summed E-state index contributed by atoms with van der Waals surface area (Å²) in [5, 5.41) is 0. The van der Waals surface area contributed by atoms with Crippen LogP contribution in [0.1, 0.15) is 19.3 Å². The fourth-order valence-electron chi connectivity index (χ4n) is 2.09. The molecule has 0 radical (unpaired) electrons. The number of nitrogens with two attached hydrogens (primary N) is 1. The molecular formula is C11H21N3O3. The number of esters is 1. The molecule has 1 aliphatic heterocycles. The maximum atomic E-state index is 11.4. The average Bonchev–Trinajstić information content (AvgIpc) is 2.31. The van der Waals surface area contributed by atoms with Crippen LogP contribution >= 0.6 is 0 Å². The molecule has 6 heteroatoms. The average molecular weight is 243 g/mol. The zero-order valence-corrected chi connectivity index (χ0v) is 10.5. The number of likely N-dealkylation sites (tertiary alicyclic amines) is 1. The van der Waals surface area contributed by atoms with E-state index in [1.165, 1.54) is 7.11 Å². The maximum Gasteiger partial charge on any atom is 0.315 e. The van der Waals surface area contributed by atoms with Crippen LogP contribution in [-0.4, -0.2) is 61.6 Å². The van der Waals surface area contributed by atoms with Crippen LogP contribution < -0.4 is 5.73 Å². The van der Waals surface area contributed by atoms with Gasteiger partial charge in [-0.25, -0.2) is 4.79 Å².